The lowest BCUT2D eigenvalue weighted by molar-refractivity contribution is -0.138. The van der Waals surface area contributed by atoms with Crippen LogP contribution in [-0.2, 0) is 9.53 Å². The SMILES string of the molecule is CCCC(=O)N1CCC[C@H](N)[C@@H]1CO[C@H]1CC[C@@H](C(C)C)CC1. The van der Waals surface area contributed by atoms with Gasteiger partial charge in [0, 0.05) is 19.0 Å². The van der Waals surface area contributed by atoms with Crippen molar-refractivity contribution in [1.29, 1.82) is 0 Å². The van der Waals surface area contributed by atoms with E-state index in [0.717, 1.165) is 50.5 Å². The third-order valence-corrected chi connectivity index (χ3v) is 5.78. The number of carbonyl (C=O) groups excluding carboxylic acids is 1. The Hall–Kier alpha value is -0.610. The lowest BCUT2D eigenvalue weighted by Gasteiger charge is -2.41. The molecular weight excluding hydrogens is 288 g/mol. The predicted octanol–water partition coefficient (Wildman–Crippen LogP) is 3.34. The predicted molar refractivity (Wildman–Crippen MR) is 94.2 cm³/mol. The van der Waals surface area contributed by atoms with Crippen molar-refractivity contribution in [2.75, 3.05) is 13.2 Å². The Labute approximate surface area is 142 Å². The van der Waals surface area contributed by atoms with Crippen molar-refractivity contribution in [3.63, 3.8) is 0 Å². The van der Waals surface area contributed by atoms with Gasteiger partial charge in [-0.05, 0) is 56.8 Å². The Bertz CT molecular complexity index is 364. The zero-order chi connectivity index (χ0) is 16.8. The van der Waals surface area contributed by atoms with Crippen LogP contribution in [0.2, 0.25) is 0 Å². The number of hydrogen-bond acceptors (Lipinski definition) is 3. The number of nitrogens with two attached hydrogens (primary N) is 1. The fourth-order valence-corrected chi connectivity index (χ4v) is 4.12. The Balaban J connectivity index is 1.83. The van der Waals surface area contributed by atoms with E-state index in [-0.39, 0.29) is 18.0 Å². The van der Waals surface area contributed by atoms with Crippen LogP contribution < -0.4 is 5.73 Å². The smallest absolute Gasteiger partial charge is 0.222 e. The molecule has 0 radical (unpaired) electrons. The second-order valence-corrected chi connectivity index (χ2v) is 7.82. The summed E-state index contributed by atoms with van der Waals surface area (Å²) in [7, 11) is 0. The number of piperidine rings is 1. The molecule has 0 aromatic rings. The molecule has 2 fully saturated rings. The van der Waals surface area contributed by atoms with Gasteiger partial charge >= 0.3 is 0 Å². The summed E-state index contributed by atoms with van der Waals surface area (Å²) in [6, 6.07) is 0.141. The number of nitrogens with zero attached hydrogens (tertiary/aromatic N) is 1. The molecule has 0 aromatic heterocycles. The standard InChI is InChI=1S/C19H36N2O2/c1-4-6-19(22)21-12-5-7-17(20)18(21)13-23-16-10-8-15(9-11-16)14(2)3/h14-18H,4-13,20H2,1-3H3/t15-,16+,17-,18-/m0/s1. The summed E-state index contributed by atoms with van der Waals surface area (Å²) in [6.07, 6.45) is 8.79. The average molecular weight is 325 g/mol. The van der Waals surface area contributed by atoms with Crippen LogP contribution in [0, 0.1) is 11.8 Å². The van der Waals surface area contributed by atoms with Gasteiger partial charge in [0.25, 0.3) is 0 Å². The fourth-order valence-electron chi connectivity index (χ4n) is 4.12. The molecule has 2 N–H and O–H groups in total. The first-order valence-electron chi connectivity index (χ1n) is 9.69. The largest absolute Gasteiger partial charge is 0.376 e. The zero-order valence-corrected chi connectivity index (χ0v) is 15.3. The monoisotopic (exact) mass is 324 g/mol. The van der Waals surface area contributed by atoms with Gasteiger partial charge in [-0.3, -0.25) is 4.79 Å². The summed E-state index contributed by atoms with van der Waals surface area (Å²) in [5.74, 6) is 1.89. The summed E-state index contributed by atoms with van der Waals surface area (Å²) >= 11 is 0. The van der Waals surface area contributed by atoms with Crippen LogP contribution in [0.5, 0.6) is 0 Å². The third-order valence-electron chi connectivity index (χ3n) is 5.78. The number of amides is 1. The van der Waals surface area contributed by atoms with Gasteiger partial charge in [-0.15, -0.1) is 0 Å². The van der Waals surface area contributed by atoms with Crippen molar-refractivity contribution >= 4 is 5.91 Å². The number of hydrogen-bond donors (Lipinski definition) is 1. The van der Waals surface area contributed by atoms with E-state index in [2.05, 4.69) is 20.8 Å². The van der Waals surface area contributed by atoms with Crippen LogP contribution in [0.1, 0.15) is 72.1 Å². The molecule has 1 saturated heterocycles. The molecule has 4 nitrogen and oxygen atoms in total. The molecule has 2 aliphatic rings. The van der Waals surface area contributed by atoms with Crippen LogP contribution in [0.15, 0.2) is 0 Å². The number of ether oxygens (including phenoxy) is 1. The normalized spacial score (nSPS) is 32.3. The zero-order valence-electron chi connectivity index (χ0n) is 15.3. The topological polar surface area (TPSA) is 55.6 Å². The molecule has 1 saturated carbocycles. The van der Waals surface area contributed by atoms with Crippen LogP contribution in [0.25, 0.3) is 0 Å². The van der Waals surface area contributed by atoms with Crippen LogP contribution in [0.3, 0.4) is 0 Å². The van der Waals surface area contributed by atoms with Gasteiger partial charge in [-0.1, -0.05) is 20.8 Å². The highest BCUT2D eigenvalue weighted by Gasteiger charge is 2.33. The van der Waals surface area contributed by atoms with E-state index in [0.29, 0.717) is 19.1 Å². The second-order valence-electron chi connectivity index (χ2n) is 7.82. The van der Waals surface area contributed by atoms with Crippen molar-refractivity contribution in [1.82, 2.24) is 4.90 Å². The minimum atomic E-state index is 0.0663. The van der Waals surface area contributed by atoms with Crippen molar-refractivity contribution < 1.29 is 9.53 Å². The van der Waals surface area contributed by atoms with Crippen molar-refractivity contribution in [3.8, 4) is 0 Å². The van der Waals surface area contributed by atoms with Gasteiger partial charge < -0.3 is 15.4 Å². The van der Waals surface area contributed by atoms with E-state index >= 15 is 0 Å². The number of likely N-dealkylation sites (tertiary alicyclic amines) is 1. The highest BCUT2D eigenvalue weighted by atomic mass is 16.5. The fraction of sp³-hybridized carbons (Fsp3) is 0.947. The molecular formula is C19H36N2O2. The molecule has 134 valence electrons. The van der Waals surface area contributed by atoms with Gasteiger partial charge in [0.1, 0.15) is 0 Å². The van der Waals surface area contributed by atoms with Crippen molar-refractivity contribution in [2.45, 2.75) is 90.3 Å². The summed E-state index contributed by atoms with van der Waals surface area (Å²) in [5.41, 5.74) is 6.31. The highest BCUT2D eigenvalue weighted by Crippen LogP contribution is 2.31. The van der Waals surface area contributed by atoms with E-state index < -0.39 is 0 Å². The molecule has 2 rings (SSSR count). The Morgan fingerprint density at radius 2 is 1.91 bits per heavy atom. The maximum absolute atomic E-state index is 12.3. The van der Waals surface area contributed by atoms with Crippen LogP contribution >= 0.6 is 0 Å². The Morgan fingerprint density at radius 1 is 1.22 bits per heavy atom. The molecule has 0 aromatic carbocycles. The maximum atomic E-state index is 12.3. The molecule has 2 atom stereocenters. The molecule has 4 heteroatoms. The number of rotatable bonds is 6. The van der Waals surface area contributed by atoms with Crippen molar-refractivity contribution in [2.24, 2.45) is 17.6 Å². The summed E-state index contributed by atoms with van der Waals surface area (Å²) < 4.78 is 6.21. The first-order chi connectivity index (χ1) is 11.0. The molecule has 23 heavy (non-hydrogen) atoms. The summed E-state index contributed by atoms with van der Waals surface area (Å²) in [5, 5.41) is 0. The molecule has 1 aliphatic carbocycles. The lowest BCUT2D eigenvalue weighted by atomic mass is 9.80. The average Bonchev–Trinajstić information content (AvgIpc) is 2.54. The first-order valence-corrected chi connectivity index (χ1v) is 9.69. The first kappa shape index (κ1) is 18.7. The Morgan fingerprint density at radius 3 is 2.52 bits per heavy atom. The molecule has 1 heterocycles. The van der Waals surface area contributed by atoms with E-state index in [4.69, 9.17) is 10.5 Å². The van der Waals surface area contributed by atoms with E-state index in [9.17, 15) is 4.79 Å². The lowest BCUT2D eigenvalue weighted by Crippen LogP contribution is -2.56. The van der Waals surface area contributed by atoms with Gasteiger partial charge in [0.05, 0.1) is 18.8 Å². The summed E-state index contributed by atoms with van der Waals surface area (Å²) in [6.45, 7) is 8.17. The van der Waals surface area contributed by atoms with Gasteiger partial charge in [-0.2, -0.15) is 0 Å². The van der Waals surface area contributed by atoms with Crippen molar-refractivity contribution in [3.05, 3.63) is 0 Å². The maximum Gasteiger partial charge on any atom is 0.222 e. The van der Waals surface area contributed by atoms with E-state index in [1.165, 1.54) is 12.8 Å². The van der Waals surface area contributed by atoms with Gasteiger partial charge in [0.2, 0.25) is 5.91 Å². The van der Waals surface area contributed by atoms with Crippen LogP contribution in [-0.4, -0.2) is 42.1 Å². The quantitative estimate of drug-likeness (QED) is 0.815. The molecule has 0 bridgehead atoms. The second kappa shape index (κ2) is 9.03. The minimum Gasteiger partial charge on any atom is -0.376 e. The van der Waals surface area contributed by atoms with Crippen LogP contribution in [0.4, 0.5) is 0 Å². The third kappa shape index (κ3) is 5.18. The van der Waals surface area contributed by atoms with E-state index in [1.807, 2.05) is 4.90 Å². The van der Waals surface area contributed by atoms with E-state index in [1.54, 1.807) is 0 Å². The summed E-state index contributed by atoms with van der Waals surface area (Å²) in [4.78, 5) is 14.3. The van der Waals surface area contributed by atoms with Gasteiger partial charge in [-0.25, -0.2) is 0 Å². The molecule has 1 aliphatic heterocycles. The van der Waals surface area contributed by atoms with Gasteiger partial charge in [0.15, 0.2) is 0 Å². The molecule has 1 amide bonds. The number of carbonyl (C=O) groups is 1. The Kier molecular flexibility index (Phi) is 7.35. The molecule has 0 unspecified atom stereocenters. The highest BCUT2D eigenvalue weighted by molar-refractivity contribution is 5.76. The molecule has 0 spiro atoms. The minimum absolute atomic E-state index is 0.0663.